The molecule has 6 fully saturated rings. The Bertz CT molecular complexity index is 2750. The summed E-state index contributed by atoms with van der Waals surface area (Å²) < 4.78 is 40.1. The van der Waals surface area contributed by atoms with Crippen molar-refractivity contribution in [2.75, 3.05) is 0 Å². The van der Waals surface area contributed by atoms with Crippen LogP contribution in [0.3, 0.4) is 0 Å². The van der Waals surface area contributed by atoms with Crippen LogP contribution in [0.4, 0.5) is 4.39 Å². The lowest BCUT2D eigenvalue weighted by Gasteiger charge is -2.41. The van der Waals surface area contributed by atoms with Crippen molar-refractivity contribution in [1.29, 1.82) is 0 Å². The van der Waals surface area contributed by atoms with Gasteiger partial charge in [0.25, 0.3) is 0 Å². The van der Waals surface area contributed by atoms with Gasteiger partial charge in [-0.15, -0.1) is 11.3 Å². The summed E-state index contributed by atoms with van der Waals surface area (Å²) in [4.78, 5) is 24.8. The minimum Gasteiger partial charge on any atom is -0.382 e. The maximum absolute atomic E-state index is 14.5. The summed E-state index contributed by atoms with van der Waals surface area (Å²) >= 11 is 30.3. The maximum atomic E-state index is 14.5. The second-order valence-electron chi connectivity index (χ2n) is 18.5. The fraction of sp³-hybridized carbons (Fsp3) is 0.489. The Morgan fingerprint density at radius 2 is 1.17 bits per heavy atom. The molecule has 0 aliphatic heterocycles. The molecule has 65 heavy (non-hydrogen) atoms. The van der Waals surface area contributed by atoms with Crippen LogP contribution in [0.25, 0.3) is 32.7 Å². The average Bonchev–Trinajstić information content (AvgIpc) is 4.15. The van der Waals surface area contributed by atoms with Crippen LogP contribution in [-0.2, 0) is 33.1 Å². The van der Waals surface area contributed by atoms with E-state index in [0.717, 1.165) is 91.6 Å². The van der Waals surface area contributed by atoms with Crippen LogP contribution >= 0.6 is 73.7 Å². The number of carbonyl (C=O) groups is 1. The Kier molecular flexibility index (Phi) is 12.2. The first kappa shape index (κ1) is 44.5. The molecular formula is C47H43BrCl4FN5O6S. The number of hydrogen-bond acceptors (Lipinski definition) is 12. The Morgan fingerprint density at radius 1 is 0.708 bits per heavy atom. The summed E-state index contributed by atoms with van der Waals surface area (Å²) in [6.07, 6.45) is 17.4. The summed E-state index contributed by atoms with van der Waals surface area (Å²) in [5.74, 6) is 2.86. The van der Waals surface area contributed by atoms with E-state index in [4.69, 9.17) is 64.9 Å². The van der Waals surface area contributed by atoms with Crippen molar-refractivity contribution < 1.29 is 32.8 Å². The number of halogens is 6. The van der Waals surface area contributed by atoms with E-state index >= 15 is 0 Å². The molecule has 12 rings (SSSR count). The quantitative estimate of drug-likeness (QED) is 0.132. The van der Waals surface area contributed by atoms with Gasteiger partial charge >= 0.3 is 0 Å². The maximum Gasteiger partial charge on any atom is 0.151 e. The van der Waals surface area contributed by atoms with E-state index in [1.54, 1.807) is 24.8 Å². The summed E-state index contributed by atoms with van der Waals surface area (Å²) in [5, 5.41) is 22.9. The summed E-state index contributed by atoms with van der Waals surface area (Å²) in [5.41, 5.74) is 3.54. The lowest BCUT2D eigenvalue weighted by molar-refractivity contribution is -0.130. The van der Waals surface area contributed by atoms with Gasteiger partial charge in [-0.05, 0) is 101 Å². The van der Waals surface area contributed by atoms with E-state index in [2.05, 4.69) is 41.2 Å². The molecule has 340 valence electrons. The van der Waals surface area contributed by atoms with Gasteiger partial charge in [-0.3, -0.25) is 14.8 Å². The second-order valence-corrected chi connectivity index (χ2v) is 22.1. The van der Waals surface area contributed by atoms with Gasteiger partial charge in [-0.2, -0.15) is 0 Å². The first-order valence-corrected chi connectivity index (χ1v) is 25.4. The van der Waals surface area contributed by atoms with Crippen LogP contribution in [0.5, 0.6) is 0 Å². The number of ether oxygens (including phenoxy) is 2. The van der Waals surface area contributed by atoms with Gasteiger partial charge in [-0.25, -0.2) is 9.37 Å². The van der Waals surface area contributed by atoms with Crippen molar-refractivity contribution in [3.63, 3.8) is 0 Å². The number of aromatic nitrogens is 5. The largest absolute Gasteiger partial charge is 0.382 e. The van der Waals surface area contributed by atoms with Crippen LogP contribution < -0.4 is 0 Å². The Balaban J connectivity index is 0.000000153. The molecule has 0 radical (unpaired) electrons. The molecule has 1 N–H and O–H groups in total. The zero-order valence-electron chi connectivity index (χ0n) is 34.9. The SMILES string of the molecule is O=C1[C@@H]2CC[C@H]1CC(OCc1c(-c3c(Cl)cncc3Cl)noc1C1CC1)C2.OC1(c2nc3c(F)cc(Br)cc3s2)[C@@H]2CC[C@H]1CC(OCc1c(-c3c(Cl)cncc3Cl)noc1C1CC1)C2. The zero-order valence-corrected chi connectivity index (χ0v) is 40.3. The normalized spacial score (nSPS) is 27.1. The van der Waals surface area contributed by atoms with Crippen LogP contribution in [0, 0.1) is 29.5 Å². The minimum atomic E-state index is -1.07. The van der Waals surface area contributed by atoms with Gasteiger partial charge in [0.15, 0.2) is 5.82 Å². The second kappa shape index (κ2) is 17.8. The first-order chi connectivity index (χ1) is 31.4. The lowest BCUT2D eigenvalue weighted by Crippen LogP contribution is -2.44. The third kappa shape index (κ3) is 8.38. The molecule has 1 aromatic carbocycles. The Hall–Kier alpha value is -3.05. The van der Waals surface area contributed by atoms with Crippen molar-refractivity contribution in [3.05, 3.63) is 95.0 Å². The molecule has 5 aromatic heterocycles. The molecule has 4 bridgehead atoms. The molecule has 0 saturated heterocycles. The number of aliphatic hydroxyl groups is 1. The summed E-state index contributed by atoms with van der Waals surface area (Å²) in [6, 6.07) is 3.27. The molecule has 0 spiro atoms. The Morgan fingerprint density at radius 3 is 1.65 bits per heavy atom. The number of ketones is 1. The molecular weight excluding hydrogens is 1000 g/mol. The lowest BCUT2D eigenvalue weighted by atomic mass is 9.73. The third-order valence-corrected chi connectivity index (χ3v) is 17.1. The fourth-order valence-corrected chi connectivity index (χ4v) is 13.7. The van der Waals surface area contributed by atoms with E-state index in [-0.39, 0.29) is 41.7 Å². The molecule has 6 saturated carbocycles. The van der Waals surface area contributed by atoms with Crippen molar-refractivity contribution in [1.82, 2.24) is 25.3 Å². The molecule has 6 aliphatic rings. The van der Waals surface area contributed by atoms with Crippen molar-refractivity contribution >= 4 is 89.7 Å². The smallest absolute Gasteiger partial charge is 0.151 e. The molecule has 11 nitrogen and oxygen atoms in total. The zero-order chi connectivity index (χ0) is 44.7. The number of rotatable bonds is 11. The van der Waals surface area contributed by atoms with E-state index in [0.29, 0.717) is 101 Å². The number of pyridine rings is 2. The molecule has 5 heterocycles. The van der Waals surface area contributed by atoms with E-state index in [9.17, 15) is 14.3 Å². The van der Waals surface area contributed by atoms with Gasteiger partial charge in [0.05, 0.1) is 50.2 Å². The number of Topliss-reactive ketones (excluding diaryl/α,β-unsaturated/α-hetero) is 1. The van der Waals surface area contributed by atoms with Crippen LogP contribution in [0.15, 0.2) is 50.4 Å². The predicted molar refractivity (Wildman–Crippen MR) is 248 cm³/mol. The molecule has 7 atom stereocenters. The van der Waals surface area contributed by atoms with Gasteiger partial charge in [0, 0.05) is 75.2 Å². The highest BCUT2D eigenvalue weighted by atomic mass is 79.9. The highest BCUT2D eigenvalue weighted by Crippen LogP contribution is 2.57. The number of thiazole rings is 1. The molecule has 18 heteroatoms. The third-order valence-electron chi connectivity index (χ3n) is 14.4. The molecule has 3 unspecified atom stereocenters. The highest BCUT2D eigenvalue weighted by molar-refractivity contribution is 9.10. The van der Waals surface area contributed by atoms with Gasteiger partial charge in [0.2, 0.25) is 0 Å². The summed E-state index contributed by atoms with van der Waals surface area (Å²) in [6.45, 7) is 0.723. The number of nitrogens with zero attached hydrogens (tertiary/aromatic N) is 5. The van der Waals surface area contributed by atoms with Crippen molar-refractivity contribution in [2.24, 2.45) is 23.7 Å². The van der Waals surface area contributed by atoms with Crippen LogP contribution in [0.1, 0.15) is 117 Å². The number of carbonyl (C=O) groups excluding carboxylic acids is 1. The van der Waals surface area contributed by atoms with Crippen molar-refractivity contribution in [3.8, 4) is 22.5 Å². The van der Waals surface area contributed by atoms with Gasteiger partial charge < -0.3 is 23.6 Å². The van der Waals surface area contributed by atoms with Gasteiger partial charge in [-0.1, -0.05) is 72.6 Å². The standard InChI is InChI=1S/C27H23BrCl2FN3O3S.C20H20Cl2N2O3/c28-15-7-20(31)24-21(8-15)38-26(33-24)27(35)13-3-4-14(27)6-16(5-13)36-11-17-23(34-37-25(17)12-1-2-12)22-18(29)9-32-10-19(22)30;21-15-7-23-8-16(22)17(15)18-14(20(27-24-18)10-1-2-10)9-26-13-5-11-3-4-12(6-13)19(11)25/h7-10,12-14,16,35H,1-6,11H2;7-8,10-13H,1-6,9H2/t13-,14+,16?,27?;11-,12+,13?. The monoisotopic (exact) mass is 1040 g/mol. The Labute approximate surface area is 406 Å². The molecule has 6 aromatic rings. The van der Waals surface area contributed by atoms with E-state index < -0.39 is 5.60 Å². The molecule has 0 amide bonds. The fourth-order valence-electron chi connectivity index (χ4n) is 10.8. The van der Waals surface area contributed by atoms with Crippen molar-refractivity contribution in [2.45, 2.75) is 120 Å². The van der Waals surface area contributed by atoms with Crippen LogP contribution in [0.2, 0.25) is 20.1 Å². The molecule has 6 aliphatic carbocycles. The summed E-state index contributed by atoms with van der Waals surface area (Å²) in [7, 11) is 0. The van der Waals surface area contributed by atoms with E-state index in [1.807, 2.05) is 6.07 Å². The van der Waals surface area contributed by atoms with Crippen LogP contribution in [-0.4, -0.2) is 48.4 Å². The average molecular weight is 1050 g/mol. The van der Waals surface area contributed by atoms with E-state index in [1.165, 1.54) is 17.4 Å². The minimum absolute atomic E-state index is 0.00718. The number of hydrogen-bond donors (Lipinski definition) is 1. The number of fused-ring (bicyclic) bond motifs is 5. The highest BCUT2D eigenvalue weighted by Gasteiger charge is 2.56. The first-order valence-electron chi connectivity index (χ1n) is 22.2. The topological polar surface area (TPSA) is 146 Å². The number of benzene rings is 1. The van der Waals surface area contributed by atoms with Gasteiger partial charge in [0.1, 0.15) is 44.8 Å². The predicted octanol–water partition coefficient (Wildman–Crippen LogP) is 13.2.